The molecule has 1 aromatic carbocycles. The fraction of sp³-hybridized carbons (Fsp3) is 0.625. The van der Waals surface area contributed by atoms with Crippen LogP contribution in [0.4, 0.5) is 0 Å². The molecule has 4 N–H and O–H groups in total. The average molecular weight is 413 g/mol. The number of likely N-dealkylation sites (tertiary alicyclic amines) is 1. The van der Waals surface area contributed by atoms with Gasteiger partial charge < -0.3 is 25.8 Å². The van der Waals surface area contributed by atoms with Gasteiger partial charge in [-0.15, -0.1) is 0 Å². The van der Waals surface area contributed by atoms with Gasteiger partial charge in [-0.1, -0.05) is 12.1 Å². The smallest absolute Gasteiger partial charge is 0.119 e. The van der Waals surface area contributed by atoms with Crippen molar-refractivity contribution in [2.75, 3.05) is 39.5 Å². The molecule has 3 aliphatic heterocycles. The van der Waals surface area contributed by atoms with E-state index in [1.807, 2.05) is 6.08 Å². The molecule has 6 heteroatoms. The minimum Gasteiger partial charge on any atom is -0.494 e. The lowest BCUT2D eigenvalue weighted by molar-refractivity contribution is 0.0401. The third kappa shape index (κ3) is 4.94. The quantitative estimate of drug-likeness (QED) is 0.641. The summed E-state index contributed by atoms with van der Waals surface area (Å²) in [7, 11) is 0. The summed E-state index contributed by atoms with van der Waals surface area (Å²) in [5, 5.41) is 0. The van der Waals surface area contributed by atoms with Crippen molar-refractivity contribution in [2.45, 2.75) is 55.5 Å². The zero-order valence-corrected chi connectivity index (χ0v) is 18.0. The topological polar surface area (TPSA) is 86.1 Å². The Hall–Kier alpha value is -1.73. The molecule has 0 bridgehead atoms. The summed E-state index contributed by atoms with van der Waals surface area (Å²) in [6.45, 7) is 5.88. The fourth-order valence-corrected chi connectivity index (χ4v) is 5.06. The Morgan fingerprint density at radius 2 is 1.87 bits per heavy atom. The van der Waals surface area contributed by atoms with E-state index >= 15 is 0 Å². The summed E-state index contributed by atoms with van der Waals surface area (Å²) in [5.41, 5.74) is 13.7. The van der Waals surface area contributed by atoms with Gasteiger partial charge >= 0.3 is 0 Å². The largest absolute Gasteiger partial charge is 0.494 e. The van der Waals surface area contributed by atoms with Gasteiger partial charge in [0.05, 0.1) is 18.2 Å². The highest BCUT2D eigenvalue weighted by molar-refractivity contribution is 5.69. The van der Waals surface area contributed by atoms with E-state index in [-0.39, 0.29) is 11.5 Å². The molecule has 0 saturated carbocycles. The summed E-state index contributed by atoms with van der Waals surface area (Å²) in [6.07, 6.45) is 11.9. The third-order valence-electron chi connectivity index (χ3n) is 6.99. The van der Waals surface area contributed by atoms with E-state index in [4.69, 9.17) is 20.9 Å². The number of nitrogens with zero attached hydrogens (tertiary/aromatic N) is 2. The second-order valence-electron chi connectivity index (χ2n) is 9.10. The van der Waals surface area contributed by atoms with Crippen molar-refractivity contribution in [1.29, 1.82) is 0 Å². The third-order valence-corrected chi connectivity index (χ3v) is 6.99. The van der Waals surface area contributed by atoms with Crippen molar-refractivity contribution in [2.24, 2.45) is 16.5 Å². The molecule has 1 aromatic rings. The van der Waals surface area contributed by atoms with E-state index < -0.39 is 5.54 Å². The number of aliphatic imine (C=N–C) groups is 1. The molecule has 2 fully saturated rings. The Morgan fingerprint density at radius 3 is 2.57 bits per heavy atom. The number of hydrogen-bond acceptors (Lipinski definition) is 6. The maximum Gasteiger partial charge on any atom is 0.119 e. The lowest BCUT2D eigenvalue weighted by atomic mass is 9.65. The van der Waals surface area contributed by atoms with Gasteiger partial charge in [-0.25, -0.2) is 0 Å². The first-order valence-corrected chi connectivity index (χ1v) is 11.4. The molecule has 30 heavy (non-hydrogen) atoms. The molecule has 0 radical (unpaired) electrons. The fourth-order valence-electron chi connectivity index (χ4n) is 5.06. The zero-order chi connectivity index (χ0) is 20.9. The Kier molecular flexibility index (Phi) is 6.88. The predicted molar refractivity (Wildman–Crippen MR) is 121 cm³/mol. The lowest BCUT2D eigenvalue weighted by Gasteiger charge is -2.45. The van der Waals surface area contributed by atoms with Crippen LogP contribution in [-0.2, 0) is 10.2 Å². The highest BCUT2D eigenvalue weighted by Crippen LogP contribution is 2.42. The number of benzene rings is 1. The van der Waals surface area contributed by atoms with E-state index in [0.29, 0.717) is 0 Å². The lowest BCUT2D eigenvalue weighted by Crippen LogP contribution is -2.59. The molecule has 0 aromatic heterocycles. The van der Waals surface area contributed by atoms with Crippen LogP contribution in [0.1, 0.15) is 44.1 Å². The van der Waals surface area contributed by atoms with E-state index in [9.17, 15) is 0 Å². The standard InChI is InChI=1S/C24H36N4O2/c25-22-18-27-11-8-24(22,26)19-23(9-16-29-17-10-23)20-4-6-21(7-5-20)30-15-3-14-28-12-1-2-13-28/h4-8,11,18,22H,1-3,9-10,12-17,19,25-26H2. The van der Waals surface area contributed by atoms with Crippen molar-refractivity contribution in [3.05, 3.63) is 42.1 Å². The van der Waals surface area contributed by atoms with Crippen LogP contribution in [0.25, 0.3) is 0 Å². The second kappa shape index (κ2) is 9.60. The van der Waals surface area contributed by atoms with Crippen LogP contribution < -0.4 is 16.2 Å². The Balaban J connectivity index is 1.40. The summed E-state index contributed by atoms with van der Waals surface area (Å²) >= 11 is 0. The maximum atomic E-state index is 6.75. The molecule has 164 valence electrons. The predicted octanol–water partition coefficient (Wildman–Crippen LogP) is 2.61. The van der Waals surface area contributed by atoms with Gasteiger partial charge in [0, 0.05) is 37.6 Å². The van der Waals surface area contributed by atoms with E-state index in [1.165, 1.54) is 31.5 Å². The first-order chi connectivity index (χ1) is 14.6. The molecule has 0 amide bonds. The summed E-state index contributed by atoms with van der Waals surface area (Å²) < 4.78 is 11.7. The van der Waals surface area contributed by atoms with Crippen molar-refractivity contribution in [3.8, 4) is 5.75 Å². The van der Waals surface area contributed by atoms with Crippen molar-refractivity contribution < 1.29 is 9.47 Å². The molecule has 0 aliphatic carbocycles. The summed E-state index contributed by atoms with van der Waals surface area (Å²) in [6, 6.07) is 8.33. The van der Waals surface area contributed by atoms with Crippen LogP contribution in [0.5, 0.6) is 5.75 Å². The number of nitrogens with two attached hydrogens (primary N) is 2. The van der Waals surface area contributed by atoms with Gasteiger partial charge in [0.15, 0.2) is 0 Å². The molecule has 0 spiro atoms. The summed E-state index contributed by atoms with van der Waals surface area (Å²) in [5.74, 6) is 0.936. The molecule has 6 nitrogen and oxygen atoms in total. The Morgan fingerprint density at radius 1 is 1.13 bits per heavy atom. The van der Waals surface area contributed by atoms with Crippen molar-refractivity contribution in [1.82, 2.24) is 4.90 Å². The summed E-state index contributed by atoms with van der Waals surface area (Å²) in [4.78, 5) is 6.69. The highest BCUT2D eigenvalue weighted by atomic mass is 16.5. The van der Waals surface area contributed by atoms with Crippen molar-refractivity contribution >= 4 is 6.21 Å². The number of rotatable bonds is 8. The van der Waals surface area contributed by atoms with E-state index in [2.05, 4.69) is 34.2 Å². The molecule has 4 rings (SSSR count). The van der Waals surface area contributed by atoms with Gasteiger partial charge in [0.1, 0.15) is 5.75 Å². The first-order valence-electron chi connectivity index (χ1n) is 11.4. The molecule has 2 atom stereocenters. The van der Waals surface area contributed by atoms with Gasteiger partial charge in [0.25, 0.3) is 0 Å². The SMILES string of the molecule is NC1C=NC=CC1(N)CC1(c2ccc(OCCCN3CCCC3)cc2)CCOCC1. The average Bonchev–Trinajstić information content (AvgIpc) is 3.28. The highest BCUT2D eigenvalue weighted by Gasteiger charge is 2.43. The van der Waals surface area contributed by atoms with Gasteiger partial charge in [-0.3, -0.25) is 4.99 Å². The van der Waals surface area contributed by atoms with Gasteiger partial charge in [0.2, 0.25) is 0 Å². The normalized spacial score (nSPS) is 28.7. The Labute approximate surface area is 180 Å². The molecule has 2 saturated heterocycles. The second-order valence-corrected chi connectivity index (χ2v) is 9.10. The zero-order valence-electron chi connectivity index (χ0n) is 18.0. The Bertz CT molecular complexity index is 736. The van der Waals surface area contributed by atoms with Crippen molar-refractivity contribution in [3.63, 3.8) is 0 Å². The minimum absolute atomic E-state index is 0.0472. The number of ether oxygens (including phenoxy) is 2. The van der Waals surface area contributed by atoms with E-state index in [1.54, 1.807) is 12.4 Å². The number of hydrogen-bond donors (Lipinski definition) is 2. The molecular formula is C24H36N4O2. The van der Waals surface area contributed by atoms with Gasteiger partial charge in [-0.05, 0) is 75.4 Å². The van der Waals surface area contributed by atoms with Gasteiger partial charge in [-0.2, -0.15) is 0 Å². The van der Waals surface area contributed by atoms with Crippen LogP contribution in [0.3, 0.4) is 0 Å². The molecule has 2 unspecified atom stereocenters. The first kappa shape index (κ1) is 21.5. The maximum absolute atomic E-state index is 6.75. The van der Waals surface area contributed by atoms with Crippen LogP contribution in [0, 0.1) is 0 Å². The van der Waals surface area contributed by atoms with E-state index in [0.717, 1.165) is 57.8 Å². The molecular weight excluding hydrogens is 376 g/mol. The minimum atomic E-state index is -0.593. The van der Waals surface area contributed by atoms with Crippen LogP contribution in [0.15, 0.2) is 41.5 Å². The van der Waals surface area contributed by atoms with Crippen LogP contribution in [0.2, 0.25) is 0 Å². The van der Waals surface area contributed by atoms with Crippen LogP contribution >= 0.6 is 0 Å². The monoisotopic (exact) mass is 412 g/mol. The molecule has 3 heterocycles. The molecule has 3 aliphatic rings. The van der Waals surface area contributed by atoms with Crippen LogP contribution in [-0.4, -0.2) is 62.2 Å².